The Bertz CT molecular complexity index is 1570. The number of anilines is 4. The van der Waals surface area contributed by atoms with Gasteiger partial charge in [0.1, 0.15) is 23.7 Å². The fraction of sp³-hybridized carbons (Fsp3) is 0.310. The number of ether oxygens (including phenoxy) is 2. The van der Waals surface area contributed by atoms with Gasteiger partial charge in [-0.15, -0.1) is 13.2 Å². The second-order valence-electron chi connectivity index (χ2n) is 9.91. The molecule has 1 aliphatic rings. The van der Waals surface area contributed by atoms with Crippen LogP contribution in [0.25, 0.3) is 5.82 Å². The molecule has 1 aliphatic heterocycles. The van der Waals surface area contributed by atoms with Crippen molar-refractivity contribution in [2.45, 2.75) is 20.2 Å². The number of alkyl halides is 3. The Morgan fingerprint density at radius 1 is 1.05 bits per heavy atom. The van der Waals surface area contributed by atoms with E-state index in [-0.39, 0.29) is 5.56 Å². The molecule has 0 spiro atoms. The van der Waals surface area contributed by atoms with E-state index in [2.05, 4.69) is 40.7 Å². The van der Waals surface area contributed by atoms with Gasteiger partial charge in [0.2, 0.25) is 0 Å². The van der Waals surface area contributed by atoms with Crippen LogP contribution in [0, 0.1) is 13.8 Å². The molecule has 3 heterocycles. The number of hydrogen-bond donors (Lipinski definition) is 3. The van der Waals surface area contributed by atoms with E-state index in [4.69, 9.17) is 4.74 Å². The average molecular weight is 597 g/mol. The summed E-state index contributed by atoms with van der Waals surface area (Å²) in [6.45, 7) is 8.67. The average Bonchev–Trinajstić information content (AvgIpc) is 3.34. The Hall–Kier alpha value is -4.69. The summed E-state index contributed by atoms with van der Waals surface area (Å²) in [6.07, 6.45) is -3.38. The molecule has 11 nitrogen and oxygen atoms in total. The predicted octanol–water partition coefficient (Wildman–Crippen LogP) is 4.92. The minimum absolute atomic E-state index is 0.0173. The van der Waals surface area contributed by atoms with Gasteiger partial charge in [-0.1, -0.05) is 12.1 Å². The van der Waals surface area contributed by atoms with Gasteiger partial charge in [0.05, 0.1) is 18.9 Å². The lowest BCUT2D eigenvalue weighted by Gasteiger charge is -2.26. The highest BCUT2D eigenvalue weighted by atomic mass is 19.4. The first kappa shape index (κ1) is 29.8. The Morgan fingerprint density at radius 2 is 1.86 bits per heavy atom. The van der Waals surface area contributed by atoms with Crippen molar-refractivity contribution in [1.29, 1.82) is 0 Å². The van der Waals surface area contributed by atoms with Crippen LogP contribution in [0.1, 0.15) is 21.6 Å². The molecule has 2 aromatic heterocycles. The van der Waals surface area contributed by atoms with Crippen LogP contribution in [0.2, 0.25) is 0 Å². The Kier molecular flexibility index (Phi) is 9.07. The van der Waals surface area contributed by atoms with Crippen LogP contribution in [0.5, 0.6) is 5.75 Å². The third kappa shape index (κ3) is 8.20. The van der Waals surface area contributed by atoms with Gasteiger partial charge in [-0.3, -0.25) is 9.69 Å². The molecular weight excluding hydrogens is 565 g/mol. The maximum Gasteiger partial charge on any atom is 0.573 e. The number of carbonyl (C=O) groups excluding carboxylic acids is 1. The van der Waals surface area contributed by atoms with Crippen molar-refractivity contribution in [2.75, 3.05) is 55.3 Å². The third-order valence-electron chi connectivity index (χ3n) is 6.63. The van der Waals surface area contributed by atoms with Gasteiger partial charge in [0.25, 0.3) is 5.91 Å². The molecule has 0 radical (unpaired) electrons. The van der Waals surface area contributed by atoms with Gasteiger partial charge in [0.15, 0.2) is 5.82 Å². The van der Waals surface area contributed by atoms with Gasteiger partial charge < -0.3 is 25.4 Å². The summed E-state index contributed by atoms with van der Waals surface area (Å²) in [5.41, 5.74) is 2.79. The lowest BCUT2D eigenvalue weighted by Crippen LogP contribution is -2.39. The first-order chi connectivity index (χ1) is 20.6. The molecule has 5 rings (SSSR count). The van der Waals surface area contributed by atoms with E-state index in [1.165, 1.54) is 18.5 Å². The van der Waals surface area contributed by atoms with Crippen LogP contribution in [-0.2, 0) is 4.74 Å². The number of nitrogens with zero attached hydrogens (tertiary/aromatic N) is 5. The number of amides is 1. The Morgan fingerprint density at radius 3 is 2.65 bits per heavy atom. The van der Waals surface area contributed by atoms with Crippen molar-refractivity contribution < 1.29 is 27.4 Å². The van der Waals surface area contributed by atoms with Crippen LogP contribution in [0.4, 0.5) is 36.2 Å². The van der Waals surface area contributed by atoms with E-state index in [9.17, 15) is 18.0 Å². The molecule has 14 heteroatoms. The maximum absolute atomic E-state index is 12.8. The van der Waals surface area contributed by atoms with E-state index < -0.39 is 18.0 Å². The lowest BCUT2D eigenvalue weighted by molar-refractivity contribution is -0.274. The first-order valence-corrected chi connectivity index (χ1v) is 13.6. The number of rotatable bonds is 10. The van der Waals surface area contributed by atoms with Crippen molar-refractivity contribution >= 4 is 28.9 Å². The van der Waals surface area contributed by atoms with Crippen molar-refractivity contribution in [3.8, 4) is 11.6 Å². The molecule has 4 aromatic rings. The molecule has 0 bridgehead atoms. The Labute approximate surface area is 246 Å². The molecule has 1 amide bonds. The molecule has 1 fully saturated rings. The second kappa shape index (κ2) is 13.1. The van der Waals surface area contributed by atoms with Gasteiger partial charge in [0, 0.05) is 55.2 Å². The summed E-state index contributed by atoms with van der Waals surface area (Å²) in [5, 5.41) is 14.0. The van der Waals surface area contributed by atoms with Crippen LogP contribution >= 0.6 is 0 Å². The monoisotopic (exact) mass is 596 g/mol. The second-order valence-corrected chi connectivity index (χ2v) is 9.91. The molecule has 226 valence electrons. The highest BCUT2D eigenvalue weighted by molar-refractivity contribution is 6.04. The molecule has 0 saturated carbocycles. The smallest absolute Gasteiger partial charge is 0.406 e. The molecular formula is C29H31F3N8O3. The number of carbonyl (C=O) groups is 1. The van der Waals surface area contributed by atoms with Crippen LogP contribution in [0.15, 0.2) is 60.9 Å². The molecule has 0 atom stereocenters. The molecule has 1 saturated heterocycles. The zero-order chi connectivity index (χ0) is 30.4. The quantitative estimate of drug-likeness (QED) is 0.235. The fourth-order valence-corrected chi connectivity index (χ4v) is 4.50. The van der Waals surface area contributed by atoms with Crippen LogP contribution in [-0.4, -0.2) is 76.3 Å². The Balaban J connectivity index is 1.28. The maximum atomic E-state index is 12.8. The molecule has 2 aromatic carbocycles. The first-order valence-electron chi connectivity index (χ1n) is 13.6. The van der Waals surface area contributed by atoms with E-state index >= 15 is 0 Å². The zero-order valence-corrected chi connectivity index (χ0v) is 23.6. The SMILES string of the molecule is Cc1cc(Nc2cc(NC(=O)c3cccc(OC(F)(F)F)c3)ccc2C)n(-c2cc(NCCN3CCOCC3)ncn2)n1. The van der Waals surface area contributed by atoms with Gasteiger partial charge in [-0.25, -0.2) is 9.97 Å². The number of aryl methyl sites for hydroxylation is 2. The summed E-state index contributed by atoms with van der Waals surface area (Å²) in [7, 11) is 0. The zero-order valence-electron chi connectivity index (χ0n) is 23.6. The predicted molar refractivity (Wildman–Crippen MR) is 155 cm³/mol. The highest BCUT2D eigenvalue weighted by Crippen LogP contribution is 2.28. The van der Waals surface area contributed by atoms with Crippen LogP contribution < -0.4 is 20.7 Å². The van der Waals surface area contributed by atoms with E-state index in [0.29, 0.717) is 28.8 Å². The number of benzene rings is 2. The minimum Gasteiger partial charge on any atom is -0.406 e. The normalized spacial score (nSPS) is 13.9. The van der Waals surface area contributed by atoms with E-state index in [0.717, 1.165) is 62.8 Å². The molecule has 0 aliphatic carbocycles. The van der Waals surface area contributed by atoms with Crippen molar-refractivity contribution in [3.05, 3.63) is 77.7 Å². The number of halogens is 3. The fourth-order valence-electron chi connectivity index (χ4n) is 4.50. The van der Waals surface area contributed by atoms with Crippen LogP contribution in [0.3, 0.4) is 0 Å². The molecule has 3 N–H and O–H groups in total. The highest BCUT2D eigenvalue weighted by Gasteiger charge is 2.31. The topological polar surface area (TPSA) is 118 Å². The lowest BCUT2D eigenvalue weighted by atomic mass is 10.1. The summed E-state index contributed by atoms with van der Waals surface area (Å²) in [4.78, 5) is 23.9. The number of nitrogens with one attached hydrogen (secondary N) is 3. The number of hydrogen-bond acceptors (Lipinski definition) is 9. The van der Waals surface area contributed by atoms with Gasteiger partial charge >= 0.3 is 6.36 Å². The summed E-state index contributed by atoms with van der Waals surface area (Å²) in [5.74, 6) is 0.803. The standard InChI is InChI=1S/C29H31F3N8O3/c1-19-6-7-22(36-28(41)21-4-3-5-23(15-21)43-29(30,31)32)16-24(19)37-27-14-20(2)38-40(27)26-17-25(34-18-35-26)33-8-9-39-10-12-42-13-11-39/h3-7,14-18,37H,8-13H2,1-2H3,(H,36,41)(H,33,34,35). The van der Waals surface area contributed by atoms with Crippen molar-refractivity contribution in [3.63, 3.8) is 0 Å². The van der Waals surface area contributed by atoms with E-state index in [1.807, 2.05) is 32.0 Å². The van der Waals surface area contributed by atoms with Crippen molar-refractivity contribution in [1.82, 2.24) is 24.6 Å². The number of aromatic nitrogens is 4. The van der Waals surface area contributed by atoms with Gasteiger partial charge in [-0.05, 0) is 49.7 Å². The van der Waals surface area contributed by atoms with E-state index in [1.54, 1.807) is 16.8 Å². The minimum atomic E-state index is -4.86. The summed E-state index contributed by atoms with van der Waals surface area (Å²) >= 11 is 0. The van der Waals surface area contributed by atoms with Gasteiger partial charge in [-0.2, -0.15) is 9.78 Å². The molecule has 0 unspecified atom stereocenters. The molecule has 43 heavy (non-hydrogen) atoms. The summed E-state index contributed by atoms with van der Waals surface area (Å²) in [6, 6.07) is 13.8. The largest absolute Gasteiger partial charge is 0.573 e. The number of morpholine rings is 1. The summed E-state index contributed by atoms with van der Waals surface area (Å²) < 4.78 is 48.8. The van der Waals surface area contributed by atoms with Crippen molar-refractivity contribution in [2.24, 2.45) is 0 Å². The third-order valence-corrected chi connectivity index (χ3v) is 6.63.